The maximum Gasteiger partial charge on any atom is 0.108 e. The summed E-state index contributed by atoms with van der Waals surface area (Å²) in [4.78, 5) is 23.4. The van der Waals surface area contributed by atoms with Crippen LogP contribution < -0.4 is 0 Å². The van der Waals surface area contributed by atoms with Gasteiger partial charge in [0.05, 0.1) is 34.2 Å². The van der Waals surface area contributed by atoms with Crippen LogP contribution in [0.25, 0.3) is 22.8 Å². The van der Waals surface area contributed by atoms with Crippen LogP contribution in [0.2, 0.25) is 0 Å². The lowest BCUT2D eigenvalue weighted by Crippen LogP contribution is -2.07. The van der Waals surface area contributed by atoms with Gasteiger partial charge in [-0.3, -0.25) is 9.97 Å². The number of hydrogen-bond donors (Lipinski definition) is 1. The lowest BCUT2D eigenvalue weighted by Gasteiger charge is -2.13. The predicted molar refractivity (Wildman–Crippen MR) is 137 cm³/mol. The SMILES string of the molecule is CC(C)Cc1cnc(CC(C)C)c(-c2ccc(-c3nc(CC(C)C)cnc3CC(C)C)[nH]2)n1. The number of hydrogen-bond acceptors (Lipinski definition) is 4. The zero-order valence-corrected chi connectivity index (χ0v) is 21.7. The molecule has 0 bridgehead atoms. The summed E-state index contributed by atoms with van der Waals surface area (Å²) in [6.45, 7) is 17.8. The molecule has 3 aromatic heterocycles. The van der Waals surface area contributed by atoms with Gasteiger partial charge < -0.3 is 4.98 Å². The zero-order valence-electron chi connectivity index (χ0n) is 21.7. The molecule has 1 N–H and O–H groups in total. The molecule has 0 atom stereocenters. The zero-order chi connectivity index (χ0) is 24.1. The van der Waals surface area contributed by atoms with Crippen molar-refractivity contribution in [2.45, 2.75) is 81.1 Å². The van der Waals surface area contributed by atoms with Crippen LogP contribution in [-0.2, 0) is 25.7 Å². The molecule has 3 rings (SSSR count). The van der Waals surface area contributed by atoms with E-state index in [9.17, 15) is 0 Å². The molecule has 3 aromatic rings. The van der Waals surface area contributed by atoms with Crippen molar-refractivity contribution in [1.29, 1.82) is 0 Å². The molecule has 0 radical (unpaired) electrons. The van der Waals surface area contributed by atoms with E-state index in [1.165, 1.54) is 0 Å². The van der Waals surface area contributed by atoms with E-state index in [1.807, 2.05) is 12.4 Å². The molecule has 0 fully saturated rings. The molecular formula is C28H41N5. The molecule has 0 aromatic carbocycles. The number of aromatic amines is 1. The van der Waals surface area contributed by atoms with Gasteiger partial charge in [-0.25, -0.2) is 9.97 Å². The molecule has 0 aliphatic rings. The molecule has 178 valence electrons. The van der Waals surface area contributed by atoms with E-state index < -0.39 is 0 Å². The Morgan fingerprint density at radius 2 is 0.939 bits per heavy atom. The summed E-state index contributed by atoms with van der Waals surface area (Å²) in [5, 5.41) is 0. The van der Waals surface area contributed by atoms with Crippen LogP contribution in [0.5, 0.6) is 0 Å². The molecule has 0 aliphatic heterocycles. The van der Waals surface area contributed by atoms with Gasteiger partial charge in [-0.05, 0) is 61.5 Å². The first-order chi connectivity index (χ1) is 15.6. The second kappa shape index (κ2) is 11.0. The van der Waals surface area contributed by atoms with Gasteiger partial charge >= 0.3 is 0 Å². The topological polar surface area (TPSA) is 67.3 Å². The average molecular weight is 448 g/mol. The Morgan fingerprint density at radius 1 is 0.576 bits per heavy atom. The lowest BCUT2D eigenvalue weighted by molar-refractivity contribution is 0.618. The quantitative estimate of drug-likeness (QED) is 0.374. The van der Waals surface area contributed by atoms with E-state index >= 15 is 0 Å². The Balaban J connectivity index is 2.05. The van der Waals surface area contributed by atoms with Crippen LogP contribution in [0, 0.1) is 23.7 Å². The Labute approximate surface area is 199 Å². The highest BCUT2D eigenvalue weighted by molar-refractivity contribution is 5.66. The molecule has 0 saturated heterocycles. The second-order valence-corrected chi connectivity index (χ2v) is 11.0. The third-order valence-electron chi connectivity index (χ3n) is 5.43. The first-order valence-corrected chi connectivity index (χ1v) is 12.5. The summed E-state index contributed by atoms with van der Waals surface area (Å²) in [7, 11) is 0. The molecule has 5 heteroatoms. The van der Waals surface area contributed by atoms with Gasteiger partial charge in [-0.15, -0.1) is 0 Å². The fraction of sp³-hybridized carbons (Fsp3) is 0.571. The van der Waals surface area contributed by atoms with Gasteiger partial charge in [0.15, 0.2) is 0 Å². The highest BCUT2D eigenvalue weighted by atomic mass is 14.9. The number of nitrogens with one attached hydrogen (secondary N) is 1. The minimum absolute atomic E-state index is 0.514. The van der Waals surface area contributed by atoms with Gasteiger partial charge in [0.1, 0.15) is 11.4 Å². The van der Waals surface area contributed by atoms with E-state index in [0.717, 1.165) is 71.2 Å². The van der Waals surface area contributed by atoms with Crippen LogP contribution in [0.1, 0.15) is 78.2 Å². The summed E-state index contributed by atoms with van der Waals surface area (Å²) < 4.78 is 0. The molecule has 0 unspecified atom stereocenters. The highest BCUT2D eigenvalue weighted by Crippen LogP contribution is 2.28. The molecule has 0 saturated carbocycles. The summed E-state index contributed by atoms with van der Waals surface area (Å²) in [6, 6.07) is 4.25. The first-order valence-electron chi connectivity index (χ1n) is 12.5. The van der Waals surface area contributed by atoms with Gasteiger partial charge in [0.25, 0.3) is 0 Å². The summed E-state index contributed by atoms with van der Waals surface area (Å²) in [6.07, 6.45) is 7.56. The van der Waals surface area contributed by atoms with Crippen molar-refractivity contribution in [3.8, 4) is 22.8 Å². The molecule has 3 heterocycles. The predicted octanol–water partition coefficient (Wildman–Crippen LogP) is 6.72. The van der Waals surface area contributed by atoms with Crippen LogP contribution in [0.4, 0.5) is 0 Å². The van der Waals surface area contributed by atoms with E-state index in [0.29, 0.717) is 23.7 Å². The molecule has 5 nitrogen and oxygen atoms in total. The van der Waals surface area contributed by atoms with Crippen LogP contribution >= 0.6 is 0 Å². The van der Waals surface area contributed by atoms with E-state index in [2.05, 4.69) is 72.5 Å². The largest absolute Gasteiger partial charge is 0.352 e. The van der Waals surface area contributed by atoms with Crippen LogP contribution in [0.15, 0.2) is 24.5 Å². The van der Waals surface area contributed by atoms with Crippen molar-refractivity contribution in [3.05, 3.63) is 47.3 Å². The van der Waals surface area contributed by atoms with Gasteiger partial charge in [-0.1, -0.05) is 55.4 Å². The number of nitrogens with zero attached hydrogens (tertiary/aromatic N) is 4. The van der Waals surface area contributed by atoms with E-state index in [-0.39, 0.29) is 0 Å². The van der Waals surface area contributed by atoms with Crippen molar-refractivity contribution in [1.82, 2.24) is 24.9 Å². The number of aromatic nitrogens is 5. The Hall–Kier alpha value is -2.56. The normalized spacial score (nSPS) is 12.0. The standard InChI is InChI=1S/C28H41N5/c1-17(2)11-21-15-29-25(13-19(5)6)27(31-21)23-9-10-24(33-23)28-26(14-20(7)8)30-16-22(32-28)12-18(3)4/h9-10,15-20,33H,11-14H2,1-8H3. The van der Waals surface area contributed by atoms with E-state index in [1.54, 1.807) is 0 Å². The fourth-order valence-corrected chi connectivity index (χ4v) is 4.11. The number of H-pyrrole nitrogens is 1. The third kappa shape index (κ3) is 6.96. The first kappa shape index (κ1) is 25.1. The average Bonchev–Trinajstić information content (AvgIpc) is 3.18. The van der Waals surface area contributed by atoms with Gasteiger partial charge in [-0.2, -0.15) is 0 Å². The Morgan fingerprint density at radius 3 is 1.27 bits per heavy atom. The lowest BCUT2D eigenvalue weighted by atomic mass is 10.0. The summed E-state index contributed by atoms with van der Waals surface area (Å²) in [5.74, 6) is 2.11. The second-order valence-electron chi connectivity index (χ2n) is 11.0. The van der Waals surface area contributed by atoms with E-state index in [4.69, 9.17) is 19.9 Å². The minimum Gasteiger partial charge on any atom is -0.352 e. The Kier molecular flexibility index (Phi) is 8.39. The molecule has 0 spiro atoms. The minimum atomic E-state index is 0.514. The smallest absolute Gasteiger partial charge is 0.108 e. The highest BCUT2D eigenvalue weighted by Gasteiger charge is 2.18. The van der Waals surface area contributed by atoms with Crippen LogP contribution in [-0.4, -0.2) is 24.9 Å². The number of rotatable bonds is 10. The molecule has 33 heavy (non-hydrogen) atoms. The molecular weight excluding hydrogens is 406 g/mol. The summed E-state index contributed by atoms with van der Waals surface area (Å²) in [5.41, 5.74) is 8.12. The van der Waals surface area contributed by atoms with Crippen molar-refractivity contribution in [3.63, 3.8) is 0 Å². The molecule has 0 amide bonds. The fourth-order valence-electron chi connectivity index (χ4n) is 4.11. The Bertz CT molecular complexity index is 964. The van der Waals surface area contributed by atoms with Crippen molar-refractivity contribution >= 4 is 0 Å². The van der Waals surface area contributed by atoms with Crippen molar-refractivity contribution < 1.29 is 0 Å². The third-order valence-corrected chi connectivity index (χ3v) is 5.43. The monoisotopic (exact) mass is 447 g/mol. The van der Waals surface area contributed by atoms with Gasteiger partial charge in [0.2, 0.25) is 0 Å². The maximum atomic E-state index is 5.04. The van der Waals surface area contributed by atoms with Crippen molar-refractivity contribution in [2.24, 2.45) is 23.7 Å². The van der Waals surface area contributed by atoms with Crippen LogP contribution in [0.3, 0.4) is 0 Å². The molecule has 0 aliphatic carbocycles. The van der Waals surface area contributed by atoms with Gasteiger partial charge in [0, 0.05) is 12.4 Å². The maximum absolute atomic E-state index is 5.04. The van der Waals surface area contributed by atoms with Crippen molar-refractivity contribution in [2.75, 3.05) is 0 Å². The summed E-state index contributed by atoms with van der Waals surface area (Å²) >= 11 is 0.